The highest BCUT2D eigenvalue weighted by molar-refractivity contribution is 5.99. The van der Waals surface area contributed by atoms with Crippen LogP contribution in [-0.2, 0) is 9.53 Å². The molecule has 4 aliphatic heterocycles. The van der Waals surface area contributed by atoms with Crippen LogP contribution in [0.1, 0.15) is 39.5 Å². The molecule has 10 nitrogen and oxygen atoms in total. The molecule has 6 bridgehead atoms. The molecule has 12 heteroatoms. The lowest BCUT2D eigenvalue weighted by atomic mass is 9.94. The number of carbonyl (C=O) groups excluding carboxylic acids is 1. The van der Waals surface area contributed by atoms with E-state index in [9.17, 15) is 4.79 Å². The van der Waals surface area contributed by atoms with E-state index < -0.39 is 11.6 Å². The summed E-state index contributed by atoms with van der Waals surface area (Å²) >= 11 is 0. The lowest BCUT2D eigenvalue weighted by Crippen LogP contribution is -2.55. The SMILES string of the molecule is CC.CN1CC2CN(CCN2)c2nc(nc3c(F)c(-c4cccc5cccc(F)c45)ncc23)OCC23CCCN2CC(C3)OCCC1=O. The Morgan fingerprint density at radius 2 is 1.88 bits per heavy atom. The van der Waals surface area contributed by atoms with Gasteiger partial charge in [-0.3, -0.25) is 14.7 Å². The van der Waals surface area contributed by atoms with Gasteiger partial charge in [0.1, 0.15) is 29.5 Å². The first-order valence-electron chi connectivity index (χ1n) is 17.1. The molecule has 8 rings (SSSR count). The quantitative estimate of drug-likeness (QED) is 0.310. The Morgan fingerprint density at radius 1 is 1.04 bits per heavy atom. The number of anilines is 1. The van der Waals surface area contributed by atoms with E-state index in [1.54, 1.807) is 41.4 Å². The molecule has 1 spiro atoms. The zero-order valence-corrected chi connectivity index (χ0v) is 27.8. The van der Waals surface area contributed by atoms with Crippen LogP contribution in [0.5, 0.6) is 6.01 Å². The first kappa shape index (κ1) is 32.5. The fraction of sp³-hybridized carbons (Fsp3) is 0.500. The van der Waals surface area contributed by atoms with Crippen molar-refractivity contribution in [3.63, 3.8) is 0 Å². The maximum absolute atomic E-state index is 16.7. The number of fused-ring (bicyclic) bond motifs is 9. The molecule has 3 fully saturated rings. The van der Waals surface area contributed by atoms with Gasteiger partial charge in [-0.1, -0.05) is 44.2 Å². The lowest BCUT2D eigenvalue weighted by Gasteiger charge is -2.36. The van der Waals surface area contributed by atoms with E-state index in [4.69, 9.17) is 14.5 Å². The molecule has 3 unspecified atom stereocenters. The lowest BCUT2D eigenvalue weighted by molar-refractivity contribution is -0.131. The number of hydrogen-bond acceptors (Lipinski definition) is 9. The minimum absolute atomic E-state index is 0.00457. The highest BCUT2D eigenvalue weighted by Gasteiger charge is 2.49. The number of aromatic nitrogens is 3. The number of nitrogens with zero attached hydrogens (tertiary/aromatic N) is 6. The Hall–Kier alpha value is -4.00. The number of benzene rings is 2. The zero-order chi connectivity index (χ0) is 33.4. The number of nitrogens with one attached hydrogen (secondary N) is 1. The largest absolute Gasteiger partial charge is 0.461 e. The van der Waals surface area contributed by atoms with Gasteiger partial charge < -0.3 is 24.6 Å². The molecule has 3 atom stereocenters. The molecular formula is C36H43F2N7O3. The van der Waals surface area contributed by atoms with Crippen molar-refractivity contribution in [2.24, 2.45) is 0 Å². The molecule has 4 aliphatic rings. The molecular weight excluding hydrogens is 616 g/mol. The van der Waals surface area contributed by atoms with Gasteiger partial charge in [-0.05, 0) is 37.3 Å². The van der Waals surface area contributed by atoms with Crippen LogP contribution in [0.4, 0.5) is 14.6 Å². The monoisotopic (exact) mass is 659 g/mol. The number of halogens is 2. The average Bonchev–Trinajstić information content (AvgIpc) is 3.65. The van der Waals surface area contributed by atoms with Crippen LogP contribution in [0.25, 0.3) is 32.9 Å². The average molecular weight is 660 g/mol. The van der Waals surface area contributed by atoms with Gasteiger partial charge in [0.2, 0.25) is 5.91 Å². The number of amides is 1. The van der Waals surface area contributed by atoms with Crippen LogP contribution in [0.3, 0.4) is 0 Å². The molecule has 1 N–H and O–H groups in total. The van der Waals surface area contributed by atoms with Gasteiger partial charge in [0.15, 0.2) is 5.82 Å². The second-order valence-corrected chi connectivity index (χ2v) is 13.0. The van der Waals surface area contributed by atoms with Crippen LogP contribution < -0.4 is 15.0 Å². The predicted molar refractivity (Wildman–Crippen MR) is 181 cm³/mol. The minimum atomic E-state index is -0.653. The third-order valence-corrected chi connectivity index (χ3v) is 10.1. The van der Waals surface area contributed by atoms with Crippen LogP contribution in [-0.4, -0.2) is 108 Å². The summed E-state index contributed by atoms with van der Waals surface area (Å²) < 4.78 is 44.4. The fourth-order valence-electron chi connectivity index (χ4n) is 7.86. The third kappa shape index (κ3) is 5.94. The van der Waals surface area contributed by atoms with E-state index in [0.29, 0.717) is 73.4 Å². The van der Waals surface area contributed by atoms with Gasteiger partial charge in [0.05, 0.1) is 30.1 Å². The number of piperazine rings is 1. The summed E-state index contributed by atoms with van der Waals surface area (Å²) in [6, 6.07) is 10.1. The maximum Gasteiger partial charge on any atom is 0.319 e. The summed E-state index contributed by atoms with van der Waals surface area (Å²) in [4.78, 5) is 33.3. The van der Waals surface area contributed by atoms with Crippen molar-refractivity contribution in [2.75, 3.05) is 64.4 Å². The Morgan fingerprint density at radius 3 is 2.73 bits per heavy atom. The van der Waals surface area contributed by atoms with Gasteiger partial charge >= 0.3 is 6.01 Å². The van der Waals surface area contributed by atoms with Crippen molar-refractivity contribution in [3.8, 4) is 17.3 Å². The molecule has 48 heavy (non-hydrogen) atoms. The standard InChI is InChI=1S/C34H37F2N7O3.C2H6/c1-41-17-22-18-42(13-11-37-22)32-25-16-38-30(24-7-2-5-21-6-3-8-26(35)28(21)24)29(36)31(25)39-33(40-32)46-20-34-10-4-12-43(34)19-23(15-34)45-14-9-27(41)44;1-2/h2-3,5-8,16,22-23,37H,4,9-15,17-20H2,1H3;1-2H3. The Balaban J connectivity index is 0.00000179. The Labute approximate surface area is 279 Å². The fourth-order valence-corrected chi connectivity index (χ4v) is 7.86. The van der Waals surface area contributed by atoms with Gasteiger partial charge in [-0.25, -0.2) is 8.78 Å². The van der Waals surface area contributed by atoms with E-state index >= 15 is 8.78 Å². The van der Waals surface area contributed by atoms with E-state index in [1.165, 1.54) is 6.07 Å². The first-order valence-corrected chi connectivity index (χ1v) is 17.1. The second kappa shape index (κ2) is 13.5. The van der Waals surface area contributed by atoms with Gasteiger partial charge in [0, 0.05) is 63.0 Å². The van der Waals surface area contributed by atoms with Crippen molar-refractivity contribution < 1.29 is 23.0 Å². The second-order valence-electron chi connectivity index (χ2n) is 13.0. The van der Waals surface area contributed by atoms with Crippen LogP contribution >= 0.6 is 0 Å². The molecule has 0 aliphatic carbocycles. The van der Waals surface area contributed by atoms with Crippen molar-refractivity contribution in [1.29, 1.82) is 0 Å². The first-order chi connectivity index (χ1) is 23.4. The summed E-state index contributed by atoms with van der Waals surface area (Å²) in [7, 11) is 1.82. The van der Waals surface area contributed by atoms with E-state index in [2.05, 4.69) is 25.1 Å². The summed E-state index contributed by atoms with van der Waals surface area (Å²) in [5, 5.41) is 4.92. The summed E-state index contributed by atoms with van der Waals surface area (Å²) in [5.41, 5.74) is 0.218. The van der Waals surface area contributed by atoms with E-state index in [0.717, 1.165) is 32.4 Å². The number of ether oxygens (including phenoxy) is 2. The number of hydrogen-bond donors (Lipinski definition) is 1. The van der Waals surface area contributed by atoms with Crippen molar-refractivity contribution in [1.82, 2.24) is 30.1 Å². The molecule has 2 aromatic carbocycles. The van der Waals surface area contributed by atoms with Crippen LogP contribution in [0.2, 0.25) is 0 Å². The minimum Gasteiger partial charge on any atom is -0.461 e. The summed E-state index contributed by atoms with van der Waals surface area (Å²) in [6.45, 7) is 8.77. The summed E-state index contributed by atoms with van der Waals surface area (Å²) in [5.74, 6) is -0.529. The van der Waals surface area contributed by atoms with Crippen molar-refractivity contribution in [3.05, 3.63) is 54.2 Å². The normalized spacial score (nSPS) is 25.0. The maximum atomic E-state index is 16.7. The molecule has 0 radical (unpaired) electrons. The van der Waals surface area contributed by atoms with Crippen LogP contribution in [0.15, 0.2) is 42.6 Å². The predicted octanol–water partition coefficient (Wildman–Crippen LogP) is 4.79. The molecule has 1 amide bonds. The number of carbonyl (C=O) groups is 1. The molecule has 4 aromatic rings. The number of likely N-dealkylation sites (N-methyl/N-ethyl adjacent to an activating group) is 1. The third-order valence-electron chi connectivity index (χ3n) is 10.1. The topological polar surface area (TPSA) is 95.9 Å². The molecule has 3 saturated heterocycles. The molecule has 0 saturated carbocycles. The van der Waals surface area contributed by atoms with Gasteiger partial charge in [-0.2, -0.15) is 9.97 Å². The number of pyridine rings is 1. The smallest absolute Gasteiger partial charge is 0.319 e. The zero-order valence-electron chi connectivity index (χ0n) is 27.8. The van der Waals surface area contributed by atoms with E-state index in [1.807, 2.05) is 20.9 Å². The molecule has 2 aromatic heterocycles. The van der Waals surface area contributed by atoms with E-state index in [-0.39, 0.29) is 40.8 Å². The molecule has 6 heterocycles. The highest BCUT2D eigenvalue weighted by atomic mass is 19.1. The van der Waals surface area contributed by atoms with Gasteiger partial charge in [0.25, 0.3) is 0 Å². The molecule has 254 valence electrons. The Kier molecular flexibility index (Phi) is 9.14. The number of rotatable bonds is 1. The van der Waals surface area contributed by atoms with Crippen molar-refractivity contribution >= 4 is 33.4 Å². The summed E-state index contributed by atoms with van der Waals surface area (Å²) in [6.07, 6.45) is 4.70. The Bertz CT molecular complexity index is 1820. The van der Waals surface area contributed by atoms with Crippen molar-refractivity contribution in [2.45, 2.75) is 57.2 Å². The van der Waals surface area contributed by atoms with Crippen LogP contribution in [0, 0.1) is 11.6 Å². The highest BCUT2D eigenvalue weighted by Crippen LogP contribution is 2.41. The van der Waals surface area contributed by atoms with Gasteiger partial charge in [-0.15, -0.1) is 0 Å².